The molecule has 0 saturated carbocycles. The van der Waals surface area contributed by atoms with Crippen LogP contribution < -0.4 is 10.6 Å². The van der Waals surface area contributed by atoms with Crippen molar-refractivity contribution in [3.05, 3.63) is 0 Å². The van der Waals surface area contributed by atoms with E-state index in [4.69, 9.17) is 9.84 Å². The summed E-state index contributed by atoms with van der Waals surface area (Å²) in [5.74, 6) is 0.512. The van der Waals surface area contributed by atoms with Crippen molar-refractivity contribution in [1.29, 1.82) is 0 Å². The molecule has 5 nitrogen and oxygen atoms in total. The number of amides is 1. The summed E-state index contributed by atoms with van der Waals surface area (Å²) in [5.41, 5.74) is 0. The van der Waals surface area contributed by atoms with Gasteiger partial charge in [0.05, 0.1) is 19.3 Å². The summed E-state index contributed by atoms with van der Waals surface area (Å²) in [6.07, 6.45) is 1.85. The minimum Gasteiger partial charge on any atom is -0.394 e. The van der Waals surface area contributed by atoms with Gasteiger partial charge in [-0.25, -0.2) is 0 Å². The van der Waals surface area contributed by atoms with Crippen molar-refractivity contribution >= 4 is 5.91 Å². The molecule has 1 aliphatic rings. The van der Waals surface area contributed by atoms with Crippen LogP contribution in [0.2, 0.25) is 0 Å². The normalized spacial score (nSPS) is 24.6. The standard InChI is InChI=1S/C11H22N2O3/c1-9-3-5-12-10(9)11(15)13-4-2-7-16-8-6-14/h9-10,12,14H,2-8H2,1H3,(H,13,15). The number of hydrogen-bond donors (Lipinski definition) is 3. The number of rotatable bonds is 7. The summed E-state index contributed by atoms with van der Waals surface area (Å²) in [5, 5.41) is 14.6. The summed E-state index contributed by atoms with van der Waals surface area (Å²) in [6.45, 7) is 4.65. The van der Waals surface area contributed by atoms with Crippen LogP contribution in [0.25, 0.3) is 0 Å². The van der Waals surface area contributed by atoms with Crippen molar-refractivity contribution < 1.29 is 14.6 Å². The quantitative estimate of drug-likeness (QED) is 0.516. The van der Waals surface area contributed by atoms with Gasteiger partial charge in [0.15, 0.2) is 0 Å². The van der Waals surface area contributed by atoms with E-state index >= 15 is 0 Å². The molecule has 0 bridgehead atoms. The van der Waals surface area contributed by atoms with Crippen molar-refractivity contribution in [2.75, 3.05) is 32.9 Å². The Balaban J connectivity index is 2.02. The molecule has 0 aliphatic carbocycles. The van der Waals surface area contributed by atoms with Gasteiger partial charge in [0.1, 0.15) is 0 Å². The summed E-state index contributed by atoms with van der Waals surface area (Å²) in [6, 6.07) is -0.0293. The molecule has 1 fully saturated rings. The smallest absolute Gasteiger partial charge is 0.237 e. The number of aliphatic hydroxyl groups excluding tert-OH is 1. The van der Waals surface area contributed by atoms with Gasteiger partial charge in [-0.15, -0.1) is 0 Å². The Morgan fingerprint density at radius 3 is 3.00 bits per heavy atom. The average Bonchev–Trinajstić information content (AvgIpc) is 2.69. The van der Waals surface area contributed by atoms with Gasteiger partial charge in [-0.05, 0) is 25.3 Å². The van der Waals surface area contributed by atoms with Gasteiger partial charge in [-0.2, -0.15) is 0 Å². The first-order valence-corrected chi connectivity index (χ1v) is 5.95. The Morgan fingerprint density at radius 2 is 2.38 bits per heavy atom. The van der Waals surface area contributed by atoms with Crippen LogP contribution >= 0.6 is 0 Å². The Hall–Kier alpha value is -0.650. The second-order valence-corrected chi connectivity index (χ2v) is 4.18. The molecule has 2 atom stereocenters. The molecule has 1 rings (SSSR count). The van der Waals surface area contributed by atoms with Crippen LogP contribution in [-0.4, -0.2) is 50.0 Å². The molecular formula is C11H22N2O3. The van der Waals surface area contributed by atoms with Gasteiger partial charge in [0.25, 0.3) is 0 Å². The minimum atomic E-state index is -0.0293. The fraction of sp³-hybridized carbons (Fsp3) is 0.909. The van der Waals surface area contributed by atoms with Crippen molar-refractivity contribution in [2.24, 2.45) is 5.92 Å². The van der Waals surface area contributed by atoms with Crippen LogP contribution in [0.1, 0.15) is 19.8 Å². The molecule has 16 heavy (non-hydrogen) atoms. The maximum Gasteiger partial charge on any atom is 0.237 e. The lowest BCUT2D eigenvalue weighted by Crippen LogP contribution is -2.43. The first-order valence-electron chi connectivity index (χ1n) is 5.95. The Labute approximate surface area is 96.6 Å². The molecule has 94 valence electrons. The Morgan fingerprint density at radius 1 is 1.56 bits per heavy atom. The number of hydrogen-bond acceptors (Lipinski definition) is 4. The molecule has 5 heteroatoms. The molecule has 0 spiro atoms. The number of ether oxygens (including phenoxy) is 1. The van der Waals surface area contributed by atoms with Gasteiger partial charge in [0.2, 0.25) is 5.91 Å². The largest absolute Gasteiger partial charge is 0.394 e. The van der Waals surface area contributed by atoms with Crippen LogP contribution in [0.5, 0.6) is 0 Å². The topological polar surface area (TPSA) is 70.6 Å². The third-order valence-electron chi connectivity index (χ3n) is 2.82. The molecule has 1 heterocycles. The Bertz CT molecular complexity index is 211. The maximum atomic E-state index is 11.7. The van der Waals surface area contributed by atoms with E-state index in [-0.39, 0.29) is 18.6 Å². The van der Waals surface area contributed by atoms with E-state index in [1.54, 1.807) is 0 Å². The van der Waals surface area contributed by atoms with Crippen molar-refractivity contribution in [3.8, 4) is 0 Å². The lowest BCUT2D eigenvalue weighted by Gasteiger charge is -2.15. The highest BCUT2D eigenvalue weighted by Gasteiger charge is 2.28. The molecule has 1 amide bonds. The SMILES string of the molecule is CC1CCNC1C(=O)NCCCOCCO. The highest BCUT2D eigenvalue weighted by molar-refractivity contribution is 5.82. The highest BCUT2D eigenvalue weighted by Crippen LogP contribution is 2.13. The predicted octanol–water partition coefficient (Wildman–Crippen LogP) is -0.500. The van der Waals surface area contributed by atoms with Crippen molar-refractivity contribution in [3.63, 3.8) is 0 Å². The number of carbonyl (C=O) groups excluding carboxylic acids is 1. The van der Waals surface area contributed by atoms with E-state index in [2.05, 4.69) is 17.6 Å². The first-order chi connectivity index (χ1) is 7.75. The molecular weight excluding hydrogens is 208 g/mol. The molecule has 0 aromatic carbocycles. The van der Waals surface area contributed by atoms with Crippen molar-refractivity contribution in [1.82, 2.24) is 10.6 Å². The minimum absolute atomic E-state index is 0.0293. The van der Waals surface area contributed by atoms with E-state index in [9.17, 15) is 4.79 Å². The van der Waals surface area contributed by atoms with Gasteiger partial charge in [-0.3, -0.25) is 4.79 Å². The third kappa shape index (κ3) is 4.47. The number of nitrogens with one attached hydrogen (secondary N) is 2. The molecule has 1 aliphatic heterocycles. The second kappa shape index (κ2) is 7.60. The van der Waals surface area contributed by atoms with E-state index in [1.807, 2.05) is 0 Å². The second-order valence-electron chi connectivity index (χ2n) is 4.18. The zero-order chi connectivity index (χ0) is 11.8. The van der Waals surface area contributed by atoms with E-state index in [0.29, 0.717) is 25.7 Å². The molecule has 3 N–H and O–H groups in total. The van der Waals surface area contributed by atoms with E-state index in [0.717, 1.165) is 19.4 Å². The van der Waals surface area contributed by atoms with Crippen LogP contribution in [-0.2, 0) is 9.53 Å². The number of aliphatic hydroxyl groups is 1. The summed E-state index contributed by atoms with van der Waals surface area (Å²) in [4.78, 5) is 11.7. The first kappa shape index (κ1) is 13.4. The fourth-order valence-electron chi connectivity index (χ4n) is 1.85. The van der Waals surface area contributed by atoms with Crippen LogP contribution in [0.3, 0.4) is 0 Å². The van der Waals surface area contributed by atoms with E-state index in [1.165, 1.54) is 0 Å². The third-order valence-corrected chi connectivity index (χ3v) is 2.82. The maximum absolute atomic E-state index is 11.7. The van der Waals surface area contributed by atoms with Gasteiger partial charge < -0.3 is 20.5 Å². The van der Waals surface area contributed by atoms with Crippen molar-refractivity contribution in [2.45, 2.75) is 25.8 Å². The lowest BCUT2D eigenvalue weighted by molar-refractivity contribution is -0.123. The van der Waals surface area contributed by atoms with Crippen LogP contribution in [0.15, 0.2) is 0 Å². The van der Waals surface area contributed by atoms with E-state index < -0.39 is 0 Å². The predicted molar refractivity (Wildman–Crippen MR) is 61.1 cm³/mol. The fourth-order valence-corrected chi connectivity index (χ4v) is 1.85. The number of carbonyl (C=O) groups is 1. The molecule has 0 radical (unpaired) electrons. The van der Waals surface area contributed by atoms with Crippen LogP contribution in [0.4, 0.5) is 0 Å². The van der Waals surface area contributed by atoms with Gasteiger partial charge >= 0.3 is 0 Å². The average molecular weight is 230 g/mol. The summed E-state index contributed by atoms with van der Waals surface area (Å²) in [7, 11) is 0. The van der Waals surface area contributed by atoms with Crippen LogP contribution in [0, 0.1) is 5.92 Å². The zero-order valence-electron chi connectivity index (χ0n) is 9.87. The molecule has 0 aromatic rings. The summed E-state index contributed by atoms with van der Waals surface area (Å²) >= 11 is 0. The lowest BCUT2D eigenvalue weighted by atomic mass is 10.0. The monoisotopic (exact) mass is 230 g/mol. The van der Waals surface area contributed by atoms with Gasteiger partial charge in [-0.1, -0.05) is 6.92 Å². The summed E-state index contributed by atoms with van der Waals surface area (Å²) < 4.78 is 5.09. The Kier molecular flexibility index (Phi) is 6.37. The van der Waals surface area contributed by atoms with Gasteiger partial charge in [0, 0.05) is 13.2 Å². The molecule has 2 unspecified atom stereocenters. The molecule has 0 aromatic heterocycles. The highest BCUT2D eigenvalue weighted by atomic mass is 16.5. The zero-order valence-corrected chi connectivity index (χ0v) is 9.87. The molecule has 1 saturated heterocycles.